The Labute approximate surface area is 154 Å². The summed E-state index contributed by atoms with van der Waals surface area (Å²) in [5.74, 6) is 1.14. The Bertz CT molecular complexity index is 721. The minimum absolute atomic E-state index is 0.0175. The SMILES string of the molecule is Cc1cc([C@H]2CC[C@@H]([C@H](C)NC(=O)c3ccc(Cl)cc3)CC2)ccn1. The van der Waals surface area contributed by atoms with Gasteiger partial charge < -0.3 is 5.32 Å². The van der Waals surface area contributed by atoms with Crippen LogP contribution in [0.1, 0.15) is 60.1 Å². The van der Waals surface area contributed by atoms with E-state index in [0.717, 1.165) is 18.5 Å². The zero-order valence-corrected chi connectivity index (χ0v) is 15.6. The van der Waals surface area contributed by atoms with Gasteiger partial charge in [0.15, 0.2) is 0 Å². The lowest BCUT2D eigenvalue weighted by Gasteiger charge is -2.33. The summed E-state index contributed by atoms with van der Waals surface area (Å²) in [4.78, 5) is 16.7. The second-order valence-electron chi connectivity index (χ2n) is 7.11. The molecule has 1 atom stereocenters. The Morgan fingerprint density at radius 2 is 1.84 bits per heavy atom. The Balaban J connectivity index is 1.53. The van der Waals surface area contributed by atoms with Crippen LogP contribution in [-0.2, 0) is 0 Å². The fourth-order valence-corrected chi connectivity index (χ4v) is 3.91. The fourth-order valence-electron chi connectivity index (χ4n) is 3.78. The zero-order valence-electron chi connectivity index (χ0n) is 14.8. The van der Waals surface area contributed by atoms with Gasteiger partial charge in [-0.05, 0) is 93.3 Å². The van der Waals surface area contributed by atoms with E-state index in [1.54, 1.807) is 24.3 Å². The number of hydrogen-bond acceptors (Lipinski definition) is 2. The Morgan fingerprint density at radius 3 is 2.48 bits per heavy atom. The number of halogens is 1. The Morgan fingerprint density at radius 1 is 1.16 bits per heavy atom. The van der Waals surface area contributed by atoms with E-state index in [1.165, 1.54) is 18.4 Å². The first-order chi connectivity index (χ1) is 12.0. The molecule has 1 aliphatic rings. The zero-order chi connectivity index (χ0) is 17.8. The highest BCUT2D eigenvalue weighted by molar-refractivity contribution is 6.30. The number of benzene rings is 1. The number of rotatable bonds is 4. The van der Waals surface area contributed by atoms with Crippen molar-refractivity contribution < 1.29 is 4.79 Å². The first-order valence-electron chi connectivity index (χ1n) is 9.02. The molecule has 2 aromatic rings. The number of aromatic nitrogens is 1. The van der Waals surface area contributed by atoms with E-state index in [0.29, 0.717) is 22.4 Å². The highest BCUT2D eigenvalue weighted by Gasteiger charge is 2.27. The fraction of sp³-hybridized carbons (Fsp3) is 0.429. The monoisotopic (exact) mass is 356 g/mol. The average Bonchev–Trinajstić information content (AvgIpc) is 2.62. The summed E-state index contributed by atoms with van der Waals surface area (Å²) in [6.07, 6.45) is 6.55. The molecule has 4 heteroatoms. The summed E-state index contributed by atoms with van der Waals surface area (Å²) < 4.78 is 0. The third-order valence-electron chi connectivity index (χ3n) is 5.34. The molecule has 1 aromatic heterocycles. The van der Waals surface area contributed by atoms with Crippen molar-refractivity contribution in [3.63, 3.8) is 0 Å². The van der Waals surface area contributed by atoms with Crippen LogP contribution >= 0.6 is 11.6 Å². The molecule has 0 radical (unpaired) electrons. The van der Waals surface area contributed by atoms with E-state index in [1.807, 2.05) is 13.1 Å². The van der Waals surface area contributed by atoms with Crippen molar-refractivity contribution in [2.45, 2.75) is 51.5 Å². The molecule has 25 heavy (non-hydrogen) atoms. The number of hydrogen-bond donors (Lipinski definition) is 1. The van der Waals surface area contributed by atoms with Gasteiger partial charge in [-0.25, -0.2) is 0 Å². The standard InChI is InChI=1S/C21H25ClN2O/c1-14-13-19(11-12-23-14)17-5-3-16(4-6-17)15(2)24-21(25)18-7-9-20(22)10-8-18/h7-13,15-17H,3-6H2,1-2H3,(H,24,25)/t15-,16-,17+/m0/s1. The van der Waals surface area contributed by atoms with E-state index in [4.69, 9.17) is 11.6 Å². The first-order valence-corrected chi connectivity index (χ1v) is 9.39. The first kappa shape index (κ1) is 17.9. The van der Waals surface area contributed by atoms with Crippen LogP contribution in [-0.4, -0.2) is 16.9 Å². The summed E-state index contributed by atoms with van der Waals surface area (Å²) in [6, 6.07) is 11.6. The summed E-state index contributed by atoms with van der Waals surface area (Å²) in [5.41, 5.74) is 3.16. The van der Waals surface area contributed by atoms with Gasteiger partial charge >= 0.3 is 0 Å². The maximum absolute atomic E-state index is 12.4. The summed E-state index contributed by atoms with van der Waals surface area (Å²) in [6.45, 7) is 4.17. The van der Waals surface area contributed by atoms with Crippen LogP contribution in [0.3, 0.4) is 0 Å². The van der Waals surface area contributed by atoms with Crippen LogP contribution in [0.15, 0.2) is 42.6 Å². The topological polar surface area (TPSA) is 42.0 Å². The summed E-state index contributed by atoms with van der Waals surface area (Å²) in [7, 11) is 0. The van der Waals surface area contributed by atoms with Crippen molar-refractivity contribution in [3.05, 3.63) is 64.4 Å². The maximum atomic E-state index is 12.4. The van der Waals surface area contributed by atoms with Gasteiger partial charge in [0.25, 0.3) is 5.91 Å². The number of nitrogens with one attached hydrogen (secondary N) is 1. The predicted molar refractivity (Wildman–Crippen MR) is 102 cm³/mol. The minimum atomic E-state index is -0.0175. The lowest BCUT2D eigenvalue weighted by atomic mass is 9.76. The van der Waals surface area contributed by atoms with Gasteiger partial charge in [0.05, 0.1) is 0 Å². The largest absolute Gasteiger partial charge is 0.349 e. The molecule has 3 rings (SSSR count). The quantitative estimate of drug-likeness (QED) is 0.824. The van der Waals surface area contributed by atoms with Crippen molar-refractivity contribution in [3.8, 4) is 0 Å². The molecule has 0 aliphatic heterocycles. The summed E-state index contributed by atoms with van der Waals surface area (Å²) in [5, 5.41) is 3.80. The molecule has 0 spiro atoms. The number of pyridine rings is 1. The summed E-state index contributed by atoms with van der Waals surface area (Å²) >= 11 is 5.88. The van der Waals surface area contributed by atoms with Crippen molar-refractivity contribution in [2.75, 3.05) is 0 Å². The van der Waals surface area contributed by atoms with Crippen LogP contribution < -0.4 is 5.32 Å². The molecule has 1 N–H and O–H groups in total. The number of carbonyl (C=O) groups is 1. The number of carbonyl (C=O) groups excluding carboxylic acids is 1. The smallest absolute Gasteiger partial charge is 0.251 e. The molecule has 0 saturated heterocycles. The van der Waals surface area contributed by atoms with Gasteiger partial charge in [-0.1, -0.05) is 11.6 Å². The van der Waals surface area contributed by atoms with Crippen LogP contribution in [0.2, 0.25) is 5.02 Å². The molecule has 1 amide bonds. The third-order valence-corrected chi connectivity index (χ3v) is 5.59. The molecule has 1 aliphatic carbocycles. The van der Waals surface area contributed by atoms with Crippen LogP contribution in [0.4, 0.5) is 0 Å². The van der Waals surface area contributed by atoms with Crippen molar-refractivity contribution in [1.82, 2.24) is 10.3 Å². The van der Waals surface area contributed by atoms with E-state index < -0.39 is 0 Å². The highest BCUT2D eigenvalue weighted by Crippen LogP contribution is 2.37. The van der Waals surface area contributed by atoms with E-state index in [-0.39, 0.29) is 11.9 Å². The van der Waals surface area contributed by atoms with Gasteiger partial charge in [0.2, 0.25) is 0 Å². The lowest BCUT2D eigenvalue weighted by Crippen LogP contribution is -2.39. The second-order valence-corrected chi connectivity index (χ2v) is 7.55. The number of aryl methyl sites for hydroxylation is 1. The molecular formula is C21H25ClN2O. The molecule has 0 bridgehead atoms. The molecule has 3 nitrogen and oxygen atoms in total. The van der Waals surface area contributed by atoms with Gasteiger partial charge in [0.1, 0.15) is 0 Å². The highest BCUT2D eigenvalue weighted by atomic mass is 35.5. The van der Waals surface area contributed by atoms with Gasteiger partial charge in [-0.2, -0.15) is 0 Å². The van der Waals surface area contributed by atoms with Gasteiger partial charge in [0, 0.05) is 28.5 Å². The average molecular weight is 357 g/mol. The predicted octanol–water partition coefficient (Wildman–Crippen LogP) is 5.14. The van der Waals surface area contributed by atoms with Crippen molar-refractivity contribution in [2.24, 2.45) is 5.92 Å². The molecule has 0 unspecified atom stereocenters. The molecule has 1 aromatic carbocycles. The van der Waals surface area contributed by atoms with E-state index in [9.17, 15) is 4.79 Å². The Kier molecular flexibility index (Phi) is 5.74. The second kappa shape index (κ2) is 8.01. The third kappa shape index (κ3) is 4.60. The van der Waals surface area contributed by atoms with E-state index >= 15 is 0 Å². The molecule has 1 saturated carbocycles. The van der Waals surface area contributed by atoms with Crippen molar-refractivity contribution in [1.29, 1.82) is 0 Å². The van der Waals surface area contributed by atoms with Crippen LogP contribution in [0, 0.1) is 12.8 Å². The van der Waals surface area contributed by atoms with Crippen LogP contribution in [0.5, 0.6) is 0 Å². The van der Waals surface area contributed by atoms with E-state index in [2.05, 4.69) is 29.4 Å². The lowest BCUT2D eigenvalue weighted by molar-refractivity contribution is 0.0918. The number of amides is 1. The van der Waals surface area contributed by atoms with Gasteiger partial charge in [-0.3, -0.25) is 9.78 Å². The Hall–Kier alpha value is -1.87. The van der Waals surface area contributed by atoms with Gasteiger partial charge in [-0.15, -0.1) is 0 Å². The molecule has 132 valence electrons. The minimum Gasteiger partial charge on any atom is -0.349 e. The molecular weight excluding hydrogens is 332 g/mol. The normalized spacial score (nSPS) is 21.6. The van der Waals surface area contributed by atoms with Crippen molar-refractivity contribution >= 4 is 17.5 Å². The number of nitrogens with zero attached hydrogens (tertiary/aromatic N) is 1. The molecule has 1 heterocycles. The maximum Gasteiger partial charge on any atom is 0.251 e. The molecule has 1 fully saturated rings. The van der Waals surface area contributed by atoms with Crippen LogP contribution in [0.25, 0.3) is 0 Å².